The van der Waals surface area contributed by atoms with Gasteiger partial charge in [-0.25, -0.2) is 4.79 Å². The van der Waals surface area contributed by atoms with E-state index in [1.165, 1.54) is 128 Å². The number of aliphatic hydroxyl groups excluding tert-OH is 3. The summed E-state index contributed by atoms with van der Waals surface area (Å²) in [6, 6.07) is 0. The van der Waals surface area contributed by atoms with Gasteiger partial charge in [0.2, 0.25) is 0 Å². The van der Waals surface area contributed by atoms with Gasteiger partial charge in [0.1, 0.15) is 36.8 Å². The lowest BCUT2D eigenvalue weighted by molar-refractivity contribution is -0.297. The molecule has 4 N–H and O–H groups in total. The van der Waals surface area contributed by atoms with Gasteiger partial charge in [0.25, 0.3) is 10.1 Å². The number of esters is 2. The van der Waals surface area contributed by atoms with Crippen molar-refractivity contribution in [2.24, 2.45) is 0 Å². The van der Waals surface area contributed by atoms with Crippen molar-refractivity contribution in [3.05, 3.63) is 36.5 Å². The van der Waals surface area contributed by atoms with Crippen LogP contribution in [0.4, 0.5) is 0 Å². The van der Waals surface area contributed by atoms with E-state index in [2.05, 4.69) is 26.0 Å². The summed E-state index contributed by atoms with van der Waals surface area (Å²) in [5.74, 6) is -2.24. The second-order valence-electron chi connectivity index (χ2n) is 16.5. The van der Waals surface area contributed by atoms with E-state index in [4.69, 9.17) is 18.9 Å². The van der Waals surface area contributed by atoms with Crippen LogP contribution in [0.1, 0.15) is 194 Å². The summed E-state index contributed by atoms with van der Waals surface area (Å²) in [6.45, 7) is 3.65. The number of ether oxygens (including phenoxy) is 4. The van der Waals surface area contributed by atoms with Gasteiger partial charge < -0.3 is 34.3 Å². The van der Waals surface area contributed by atoms with Crippen molar-refractivity contribution in [1.82, 2.24) is 0 Å². The molecule has 0 amide bonds. The molecule has 1 fully saturated rings. The molecule has 0 radical (unpaired) electrons. The van der Waals surface area contributed by atoms with Crippen LogP contribution in [0.5, 0.6) is 0 Å². The van der Waals surface area contributed by atoms with Crippen LogP contribution >= 0.6 is 0 Å². The number of carbonyl (C=O) groups is 2. The predicted molar refractivity (Wildman–Crippen MR) is 238 cm³/mol. The molecule has 6 atom stereocenters. The standard InChI is InChI=1S/C47H84O12S/c1-3-5-7-9-11-13-15-17-19-20-22-24-26-28-30-32-34-36-43(49)58-40(38-57-47-46(52)45(51)44(50)41(59-47)39-60(53,54)55)37-56-42(48)35-33-31-29-27-25-23-21-18-16-14-12-10-8-6-4-2/h13,15,29,31,33,35,40-41,44-47,50-52H,3-12,14,16-28,30,32,34,36-39H2,1-2H3,(H,53,54,55)/b15-13+,31-29+,35-33+/t40-,41-,44-,45?,46?,47+/m1/s1. The normalized spacial score (nSPS) is 20.4. The molecular weight excluding hydrogens is 789 g/mol. The molecule has 1 rings (SSSR count). The molecule has 1 saturated heterocycles. The molecule has 12 nitrogen and oxygen atoms in total. The number of hydrogen-bond donors (Lipinski definition) is 4. The predicted octanol–water partition coefficient (Wildman–Crippen LogP) is 9.78. The first kappa shape index (κ1) is 55.9. The fourth-order valence-electron chi connectivity index (χ4n) is 7.11. The summed E-state index contributed by atoms with van der Waals surface area (Å²) in [5.41, 5.74) is 0. The fraction of sp³-hybridized carbons (Fsp3) is 0.830. The molecule has 0 aromatic carbocycles. The van der Waals surface area contributed by atoms with Crippen LogP contribution in [0.25, 0.3) is 0 Å². The van der Waals surface area contributed by atoms with Crippen LogP contribution < -0.4 is 0 Å². The topological polar surface area (TPSA) is 186 Å². The maximum Gasteiger partial charge on any atom is 0.330 e. The average Bonchev–Trinajstić information content (AvgIpc) is 3.21. The smallest absolute Gasteiger partial charge is 0.330 e. The van der Waals surface area contributed by atoms with Crippen LogP contribution in [0.2, 0.25) is 0 Å². The van der Waals surface area contributed by atoms with Crippen molar-refractivity contribution in [1.29, 1.82) is 0 Å². The monoisotopic (exact) mass is 873 g/mol. The molecule has 1 heterocycles. The van der Waals surface area contributed by atoms with E-state index in [1.807, 2.05) is 6.08 Å². The average molecular weight is 873 g/mol. The zero-order valence-corrected chi connectivity index (χ0v) is 38.1. The molecule has 0 bridgehead atoms. The molecule has 0 spiro atoms. The summed E-state index contributed by atoms with van der Waals surface area (Å²) < 4.78 is 53.9. The lowest BCUT2D eigenvalue weighted by Gasteiger charge is -2.40. The number of rotatable bonds is 39. The van der Waals surface area contributed by atoms with E-state index in [9.17, 15) is 37.9 Å². The Hall–Kier alpha value is -2.13. The van der Waals surface area contributed by atoms with Gasteiger partial charge in [0, 0.05) is 12.5 Å². The molecule has 60 heavy (non-hydrogen) atoms. The SMILES string of the molecule is CCCCCC/C=C/CCCCCCCCCCCC(=O)O[C@H](COC(=O)/C=C/C=C/CCCCCCCCCCCCC)CO[C@H]1O[C@H](CS(=O)(=O)O)[C@@H](O)C(O)C1O. The Morgan fingerprint density at radius 2 is 1.07 bits per heavy atom. The van der Waals surface area contributed by atoms with Gasteiger partial charge in [0.05, 0.1) is 6.61 Å². The van der Waals surface area contributed by atoms with Gasteiger partial charge in [-0.05, 0) is 44.9 Å². The lowest BCUT2D eigenvalue weighted by Crippen LogP contribution is -2.60. The summed E-state index contributed by atoms with van der Waals surface area (Å²) in [7, 11) is -4.61. The van der Waals surface area contributed by atoms with Gasteiger partial charge >= 0.3 is 11.9 Å². The van der Waals surface area contributed by atoms with E-state index in [1.54, 1.807) is 12.2 Å². The van der Waals surface area contributed by atoms with Crippen molar-refractivity contribution in [2.75, 3.05) is 19.0 Å². The van der Waals surface area contributed by atoms with E-state index < -0.39 is 71.2 Å². The second kappa shape index (κ2) is 37.4. The highest BCUT2D eigenvalue weighted by Gasteiger charge is 2.46. The van der Waals surface area contributed by atoms with Gasteiger partial charge in [-0.15, -0.1) is 0 Å². The Labute approximate surface area is 363 Å². The quantitative estimate of drug-likeness (QED) is 0.0115. The van der Waals surface area contributed by atoms with Crippen LogP contribution in [0.15, 0.2) is 36.5 Å². The third kappa shape index (κ3) is 31.7. The Morgan fingerprint density at radius 1 is 0.600 bits per heavy atom. The highest BCUT2D eigenvalue weighted by molar-refractivity contribution is 7.85. The summed E-state index contributed by atoms with van der Waals surface area (Å²) in [6.07, 6.45) is 33.9. The molecule has 1 aliphatic rings. The first-order valence-corrected chi connectivity index (χ1v) is 25.2. The third-order valence-corrected chi connectivity index (χ3v) is 11.5. The minimum atomic E-state index is -4.61. The highest BCUT2D eigenvalue weighted by Crippen LogP contribution is 2.24. The number of unbranched alkanes of at least 4 members (excludes halogenated alkanes) is 24. The Balaban J connectivity index is 2.47. The van der Waals surface area contributed by atoms with Crippen molar-refractivity contribution >= 4 is 22.1 Å². The van der Waals surface area contributed by atoms with Crippen molar-refractivity contribution in [3.8, 4) is 0 Å². The number of allylic oxidation sites excluding steroid dienone is 5. The van der Waals surface area contributed by atoms with Crippen molar-refractivity contribution in [3.63, 3.8) is 0 Å². The maximum absolute atomic E-state index is 12.8. The van der Waals surface area contributed by atoms with E-state index in [0.29, 0.717) is 6.42 Å². The van der Waals surface area contributed by atoms with E-state index in [-0.39, 0.29) is 13.0 Å². The largest absolute Gasteiger partial charge is 0.458 e. The van der Waals surface area contributed by atoms with Gasteiger partial charge in [-0.1, -0.05) is 173 Å². The first-order valence-electron chi connectivity index (χ1n) is 23.6. The zero-order chi connectivity index (χ0) is 44.1. The molecule has 13 heteroatoms. The zero-order valence-electron chi connectivity index (χ0n) is 37.3. The Kier molecular flexibility index (Phi) is 34.9. The molecule has 2 unspecified atom stereocenters. The van der Waals surface area contributed by atoms with Crippen molar-refractivity contribution in [2.45, 2.75) is 230 Å². The fourth-order valence-corrected chi connectivity index (χ4v) is 7.81. The van der Waals surface area contributed by atoms with Gasteiger partial charge in [-0.3, -0.25) is 9.35 Å². The molecule has 0 saturated carbocycles. The van der Waals surface area contributed by atoms with Crippen LogP contribution in [-0.2, 0) is 38.7 Å². The minimum absolute atomic E-state index is 0.143. The first-order chi connectivity index (χ1) is 29.0. The van der Waals surface area contributed by atoms with Gasteiger partial charge in [0.15, 0.2) is 12.4 Å². The minimum Gasteiger partial charge on any atom is -0.458 e. The molecule has 0 aliphatic carbocycles. The Bertz CT molecular complexity index is 1250. The van der Waals surface area contributed by atoms with E-state index >= 15 is 0 Å². The van der Waals surface area contributed by atoms with E-state index in [0.717, 1.165) is 44.9 Å². The molecule has 350 valence electrons. The molecule has 0 aromatic heterocycles. The third-order valence-electron chi connectivity index (χ3n) is 10.8. The van der Waals surface area contributed by atoms with Crippen LogP contribution in [0.3, 0.4) is 0 Å². The molecule has 1 aliphatic heterocycles. The lowest BCUT2D eigenvalue weighted by atomic mass is 10.00. The second-order valence-corrected chi connectivity index (χ2v) is 18.0. The summed E-state index contributed by atoms with van der Waals surface area (Å²) in [5, 5.41) is 30.9. The maximum atomic E-state index is 12.8. The number of hydrogen-bond acceptors (Lipinski definition) is 11. The van der Waals surface area contributed by atoms with Crippen LogP contribution in [-0.4, -0.2) is 96.0 Å². The van der Waals surface area contributed by atoms with Crippen LogP contribution in [0, 0.1) is 0 Å². The Morgan fingerprint density at radius 3 is 1.58 bits per heavy atom. The highest BCUT2D eigenvalue weighted by atomic mass is 32.2. The molecule has 0 aromatic rings. The molecular formula is C47H84O12S. The van der Waals surface area contributed by atoms with Crippen molar-refractivity contribution < 1.29 is 56.8 Å². The van der Waals surface area contributed by atoms with Gasteiger partial charge in [-0.2, -0.15) is 8.42 Å². The number of aliphatic hydroxyl groups is 3. The number of carbonyl (C=O) groups excluding carboxylic acids is 2. The summed E-state index contributed by atoms with van der Waals surface area (Å²) in [4.78, 5) is 25.3. The summed E-state index contributed by atoms with van der Waals surface area (Å²) >= 11 is 0.